The maximum Gasteiger partial charge on any atom is 0.219 e. The second-order valence-electron chi connectivity index (χ2n) is 3.76. The van der Waals surface area contributed by atoms with Gasteiger partial charge in [-0.15, -0.1) is 0 Å². The zero-order chi connectivity index (χ0) is 13.8. The van der Waals surface area contributed by atoms with Gasteiger partial charge in [-0.3, -0.25) is 0 Å². The largest absolute Gasteiger partial charge is 0.436 e. The Hall–Kier alpha value is -1.72. The van der Waals surface area contributed by atoms with Crippen molar-refractivity contribution in [2.45, 2.75) is 6.54 Å². The van der Waals surface area contributed by atoms with Crippen molar-refractivity contribution in [2.75, 3.05) is 7.05 Å². The third kappa shape index (κ3) is 3.19. The Bertz CT molecular complexity index is 593. The zero-order valence-corrected chi connectivity index (χ0v) is 10.8. The summed E-state index contributed by atoms with van der Waals surface area (Å²) in [6.45, 7) is 0.446. The molecule has 1 heterocycles. The Morgan fingerprint density at radius 1 is 1.26 bits per heavy atom. The van der Waals surface area contributed by atoms with E-state index in [2.05, 4.69) is 10.3 Å². The van der Waals surface area contributed by atoms with Gasteiger partial charge in [0.15, 0.2) is 11.6 Å². The standard InChI is InChI=1S/C13H11ClF2N2O/c1-17-7-10-8(14)5-6-12(18-10)19-11-4-2-3-9(15)13(11)16/h2-6,17H,7H2,1H3. The highest BCUT2D eigenvalue weighted by atomic mass is 35.5. The van der Waals surface area contributed by atoms with Crippen molar-refractivity contribution in [3.63, 3.8) is 0 Å². The summed E-state index contributed by atoms with van der Waals surface area (Å²) < 4.78 is 31.7. The molecule has 2 aromatic rings. The lowest BCUT2D eigenvalue weighted by Gasteiger charge is -2.08. The van der Waals surface area contributed by atoms with Crippen molar-refractivity contribution in [1.29, 1.82) is 0 Å². The molecular weight excluding hydrogens is 274 g/mol. The van der Waals surface area contributed by atoms with E-state index in [1.54, 1.807) is 13.1 Å². The average Bonchev–Trinajstić information content (AvgIpc) is 2.39. The zero-order valence-electron chi connectivity index (χ0n) is 10.1. The predicted molar refractivity (Wildman–Crippen MR) is 68.4 cm³/mol. The van der Waals surface area contributed by atoms with Gasteiger partial charge < -0.3 is 10.1 Å². The first-order valence-corrected chi connectivity index (χ1v) is 5.91. The molecule has 0 amide bonds. The van der Waals surface area contributed by atoms with E-state index in [9.17, 15) is 8.78 Å². The quantitative estimate of drug-likeness (QED) is 0.933. The minimum absolute atomic E-state index is 0.152. The molecule has 1 aromatic carbocycles. The number of rotatable bonds is 4. The van der Waals surface area contributed by atoms with E-state index in [1.165, 1.54) is 18.2 Å². The van der Waals surface area contributed by atoms with Gasteiger partial charge in [-0.05, 0) is 25.2 Å². The second kappa shape index (κ2) is 5.95. The van der Waals surface area contributed by atoms with Gasteiger partial charge in [0.1, 0.15) is 0 Å². The Morgan fingerprint density at radius 3 is 2.79 bits per heavy atom. The first kappa shape index (κ1) is 13.7. The maximum absolute atomic E-state index is 13.4. The second-order valence-corrected chi connectivity index (χ2v) is 4.17. The van der Waals surface area contributed by atoms with Gasteiger partial charge in [0.2, 0.25) is 11.7 Å². The molecule has 0 aliphatic heterocycles. The lowest BCUT2D eigenvalue weighted by molar-refractivity contribution is 0.404. The lowest BCUT2D eigenvalue weighted by Crippen LogP contribution is -2.08. The molecule has 6 heteroatoms. The van der Waals surface area contributed by atoms with Gasteiger partial charge in [0.05, 0.1) is 10.7 Å². The first-order valence-electron chi connectivity index (χ1n) is 5.53. The molecule has 2 rings (SSSR count). The summed E-state index contributed by atoms with van der Waals surface area (Å²) in [5, 5.41) is 3.37. The number of nitrogens with one attached hydrogen (secondary N) is 1. The highest BCUT2D eigenvalue weighted by Crippen LogP contribution is 2.26. The van der Waals surface area contributed by atoms with Gasteiger partial charge in [0, 0.05) is 12.6 Å². The number of ether oxygens (including phenoxy) is 1. The van der Waals surface area contributed by atoms with Gasteiger partial charge >= 0.3 is 0 Å². The van der Waals surface area contributed by atoms with Crippen LogP contribution in [0.15, 0.2) is 30.3 Å². The van der Waals surface area contributed by atoms with Crippen molar-refractivity contribution in [1.82, 2.24) is 10.3 Å². The maximum atomic E-state index is 13.4. The Kier molecular flexibility index (Phi) is 4.29. The number of halogens is 3. The van der Waals surface area contributed by atoms with E-state index in [-0.39, 0.29) is 11.6 Å². The van der Waals surface area contributed by atoms with Crippen LogP contribution < -0.4 is 10.1 Å². The van der Waals surface area contributed by atoms with Gasteiger partial charge in [-0.1, -0.05) is 17.7 Å². The Labute approximate surface area is 114 Å². The molecule has 0 saturated heterocycles. The predicted octanol–water partition coefficient (Wildman–Crippen LogP) is 3.52. The van der Waals surface area contributed by atoms with Crippen LogP contribution in [0.1, 0.15) is 5.69 Å². The van der Waals surface area contributed by atoms with E-state index in [0.29, 0.717) is 17.3 Å². The monoisotopic (exact) mass is 284 g/mol. The van der Waals surface area contributed by atoms with Crippen LogP contribution in [0.3, 0.4) is 0 Å². The summed E-state index contributed by atoms with van der Waals surface area (Å²) in [6, 6.07) is 6.79. The summed E-state index contributed by atoms with van der Waals surface area (Å²) in [5.74, 6) is -2.08. The summed E-state index contributed by atoms with van der Waals surface area (Å²) in [4.78, 5) is 4.12. The van der Waals surface area contributed by atoms with Crippen LogP contribution in [0.4, 0.5) is 8.78 Å². The molecule has 0 aliphatic rings. The Morgan fingerprint density at radius 2 is 2.05 bits per heavy atom. The van der Waals surface area contributed by atoms with Crippen molar-refractivity contribution in [3.05, 3.63) is 52.7 Å². The summed E-state index contributed by atoms with van der Waals surface area (Å²) >= 11 is 5.94. The lowest BCUT2D eigenvalue weighted by atomic mass is 10.3. The van der Waals surface area contributed by atoms with E-state index < -0.39 is 11.6 Å². The molecule has 1 N–H and O–H groups in total. The Balaban J connectivity index is 2.28. The molecule has 0 spiro atoms. The number of pyridine rings is 1. The third-order valence-corrected chi connectivity index (χ3v) is 2.71. The van der Waals surface area contributed by atoms with Crippen molar-refractivity contribution >= 4 is 11.6 Å². The molecule has 0 aliphatic carbocycles. The topological polar surface area (TPSA) is 34.2 Å². The molecule has 100 valence electrons. The van der Waals surface area contributed by atoms with Crippen LogP contribution in [-0.4, -0.2) is 12.0 Å². The van der Waals surface area contributed by atoms with Crippen LogP contribution in [0, 0.1) is 11.6 Å². The van der Waals surface area contributed by atoms with E-state index in [0.717, 1.165) is 6.07 Å². The van der Waals surface area contributed by atoms with E-state index in [4.69, 9.17) is 16.3 Å². The molecule has 0 unspecified atom stereocenters. The molecule has 0 saturated carbocycles. The normalized spacial score (nSPS) is 10.5. The van der Waals surface area contributed by atoms with Crippen LogP contribution in [0.2, 0.25) is 5.02 Å². The molecule has 1 aromatic heterocycles. The number of benzene rings is 1. The smallest absolute Gasteiger partial charge is 0.219 e. The molecule has 19 heavy (non-hydrogen) atoms. The average molecular weight is 285 g/mol. The third-order valence-electron chi connectivity index (χ3n) is 2.37. The fourth-order valence-electron chi connectivity index (χ4n) is 1.49. The highest BCUT2D eigenvalue weighted by Gasteiger charge is 2.11. The first-order chi connectivity index (χ1) is 9.11. The minimum atomic E-state index is -1.05. The van der Waals surface area contributed by atoms with Crippen molar-refractivity contribution in [2.24, 2.45) is 0 Å². The number of nitrogens with zero attached hydrogens (tertiary/aromatic N) is 1. The number of aromatic nitrogens is 1. The van der Waals surface area contributed by atoms with Crippen LogP contribution in [0.25, 0.3) is 0 Å². The van der Waals surface area contributed by atoms with Crippen LogP contribution in [0.5, 0.6) is 11.6 Å². The summed E-state index contributed by atoms with van der Waals surface area (Å²) in [6.07, 6.45) is 0. The molecule has 0 bridgehead atoms. The highest BCUT2D eigenvalue weighted by molar-refractivity contribution is 6.31. The van der Waals surface area contributed by atoms with Crippen LogP contribution >= 0.6 is 11.6 Å². The fraction of sp³-hybridized carbons (Fsp3) is 0.154. The van der Waals surface area contributed by atoms with Gasteiger partial charge in [-0.25, -0.2) is 9.37 Å². The summed E-state index contributed by atoms with van der Waals surface area (Å²) in [5.41, 5.74) is 0.568. The SMILES string of the molecule is CNCc1nc(Oc2cccc(F)c2F)ccc1Cl. The number of hydrogen-bond donors (Lipinski definition) is 1. The molecule has 0 radical (unpaired) electrons. The molecule has 0 atom stereocenters. The van der Waals surface area contributed by atoms with E-state index in [1.807, 2.05) is 0 Å². The minimum Gasteiger partial charge on any atom is -0.436 e. The van der Waals surface area contributed by atoms with E-state index >= 15 is 0 Å². The number of hydrogen-bond acceptors (Lipinski definition) is 3. The molecular formula is C13H11ClF2N2O. The molecule has 0 fully saturated rings. The molecule has 3 nitrogen and oxygen atoms in total. The van der Waals surface area contributed by atoms with Crippen LogP contribution in [-0.2, 0) is 6.54 Å². The van der Waals surface area contributed by atoms with Gasteiger partial charge in [0.25, 0.3) is 0 Å². The van der Waals surface area contributed by atoms with Gasteiger partial charge in [-0.2, -0.15) is 4.39 Å². The summed E-state index contributed by atoms with van der Waals surface area (Å²) in [7, 11) is 1.75. The van der Waals surface area contributed by atoms with Crippen molar-refractivity contribution < 1.29 is 13.5 Å². The van der Waals surface area contributed by atoms with Crippen molar-refractivity contribution in [3.8, 4) is 11.6 Å². The fourth-order valence-corrected chi connectivity index (χ4v) is 1.66.